The fourth-order valence-corrected chi connectivity index (χ4v) is 1.44. The van der Waals surface area contributed by atoms with Crippen molar-refractivity contribution in [2.24, 2.45) is 0 Å². The molecule has 14 heavy (non-hydrogen) atoms. The average Bonchev–Trinajstić information content (AvgIpc) is 2.01. The number of aliphatic hydroxyl groups excluding tert-OH is 1. The molecule has 1 rings (SSSR count). The first-order valence-corrected chi connectivity index (χ1v) is 4.14. The Morgan fingerprint density at radius 1 is 1.36 bits per heavy atom. The van der Waals surface area contributed by atoms with E-state index in [-0.39, 0.29) is 11.3 Å². The van der Waals surface area contributed by atoms with Gasteiger partial charge in [-0.3, -0.25) is 0 Å². The Bertz CT molecular complexity index is 347. The molecule has 0 fully saturated rings. The van der Waals surface area contributed by atoms with E-state index in [9.17, 15) is 15.0 Å². The van der Waals surface area contributed by atoms with Crippen molar-refractivity contribution in [2.45, 2.75) is 20.0 Å². The molecule has 1 atom stereocenters. The van der Waals surface area contributed by atoms with Crippen molar-refractivity contribution >= 4 is 5.97 Å². The number of aliphatic carboxylic acids is 1. The summed E-state index contributed by atoms with van der Waals surface area (Å²) in [6.45, 7) is 3.43. The first-order valence-electron chi connectivity index (χ1n) is 4.14. The standard InChI is InChI=1S/C10H12O4/c1-5-3-6(2)8(7(11)4-5)9(12)10(13)14/h3-4,9,11-12H,1-2H3,(H,13,14). The summed E-state index contributed by atoms with van der Waals surface area (Å²) in [5.74, 6) is -1.55. The highest BCUT2D eigenvalue weighted by molar-refractivity contribution is 5.76. The average molecular weight is 196 g/mol. The number of aryl methyl sites for hydroxylation is 2. The molecule has 1 aromatic rings. The molecule has 0 aliphatic rings. The van der Waals surface area contributed by atoms with Crippen molar-refractivity contribution in [3.05, 3.63) is 28.8 Å². The molecule has 0 bridgehead atoms. The number of aliphatic hydroxyl groups is 1. The van der Waals surface area contributed by atoms with Gasteiger partial charge in [0.25, 0.3) is 0 Å². The molecule has 1 aromatic carbocycles. The van der Waals surface area contributed by atoms with Gasteiger partial charge in [-0.1, -0.05) is 6.07 Å². The van der Waals surface area contributed by atoms with Crippen molar-refractivity contribution < 1.29 is 20.1 Å². The summed E-state index contributed by atoms with van der Waals surface area (Å²) < 4.78 is 0. The number of hydrogen-bond acceptors (Lipinski definition) is 3. The van der Waals surface area contributed by atoms with Crippen molar-refractivity contribution in [3.63, 3.8) is 0 Å². The minimum atomic E-state index is -1.67. The van der Waals surface area contributed by atoms with Gasteiger partial charge in [-0.25, -0.2) is 4.79 Å². The fourth-order valence-electron chi connectivity index (χ4n) is 1.44. The second-order valence-corrected chi connectivity index (χ2v) is 3.26. The predicted octanol–water partition coefficient (Wildman–Crippen LogP) is 1.13. The third-order valence-electron chi connectivity index (χ3n) is 2.02. The summed E-state index contributed by atoms with van der Waals surface area (Å²) in [7, 11) is 0. The molecule has 0 aromatic heterocycles. The molecule has 76 valence electrons. The molecule has 0 saturated carbocycles. The topological polar surface area (TPSA) is 77.8 Å². The normalized spacial score (nSPS) is 12.5. The van der Waals surface area contributed by atoms with Crippen molar-refractivity contribution in [3.8, 4) is 5.75 Å². The number of carboxylic acid groups (broad SMARTS) is 1. The van der Waals surface area contributed by atoms with Gasteiger partial charge in [-0.05, 0) is 31.0 Å². The van der Waals surface area contributed by atoms with Gasteiger partial charge in [-0.2, -0.15) is 0 Å². The van der Waals surface area contributed by atoms with Gasteiger partial charge in [0.1, 0.15) is 5.75 Å². The molecule has 3 N–H and O–H groups in total. The summed E-state index contributed by atoms with van der Waals surface area (Å²) >= 11 is 0. The highest BCUT2D eigenvalue weighted by Crippen LogP contribution is 2.29. The van der Waals surface area contributed by atoms with Crippen LogP contribution in [0, 0.1) is 13.8 Å². The molecule has 0 aliphatic heterocycles. The molecule has 4 nitrogen and oxygen atoms in total. The monoisotopic (exact) mass is 196 g/mol. The van der Waals surface area contributed by atoms with Crippen molar-refractivity contribution in [1.82, 2.24) is 0 Å². The Balaban J connectivity index is 3.27. The van der Waals surface area contributed by atoms with Crippen LogP contribution in [0.2, 0.25) is 0 Å². The Morgan fingerprint density at radius 2 is 1.93 bits per heavy atom. The molecule has 0 amide bonds. The number of benzene rings is 1. The lowest BCUT2D eigenvalue weighted by atomic mass is 10.00. The summed E-state index contributed by atoms with van der Waals surface area (Å²) in [6, 6.07) is 3.13. The van der Waals surface area contributed by atoms with Gasteiger partial charge in [-0.15, -0.1) is 0 Å². The molecule has 0 aliphatic carbocycles. The van der Waals surface area contributed by atoms with E-state index in [0.29, 0.717) is 5.56 Å². The third-order valence-corrected chi connectivity index (χ3v) is 2.02. The lowest BCUT2D eigenvalue weighted by molar-refractivity contribution is -0.147. The van der Waals surface area contributed by atoms with E-state index in [1.807, 2.05) is 0 Å². The van der Waals surface area contributed by atoms with Crippen molar-refractivity contribution in [2.75, 3.05) is 0 Å². The molecular formula is C10H12O4. The highest BCUT2D eigenvalue weighted by Gasteiger charge is 2.21. The summed E-state index contributed by atoms with van der Waals surface area (Å²) in [5, 5.41) is 27.4. The summed E-state index contributed by atoms with van der Waals surface area (Å²) in [6.07, 6.45) is -1.67. The zero-order valence-electron chi connectivity index (χ0n) is 7.98. The fraction of sp³-hybridized carbons (Fsp3) is 0.300. The Kier molecular flexibility index (Phi) is 2.76. The largest absolute Gasteiger partial charge is 0.508 e. The first-order chi connectivity index (χ1) is 6.43. The van der Waals surface area contributed by atoms with Crippen molar-refractivity contribution in [1.29, 1.82) is 0 Å². The van der Waals surface area contributed by atoms with E-state index >= 15 is 0 Å². The Morgan fingerprint density at radius 3 is 2.36 bits per heavy atom. The SMILES string of the molecule is Cc1cc(C)c(C(O)C(=O)O)c(O)c1. The van der Waals surface area contributed by atoms with Crippen LogP contribution in [0.15, 0.2) is 12.1 Å². The minimum absolute atomic E-state index is 0.0584. The second-order valence-electron chi connectivity index (χ2n) is 3.26. The number of hydrogen-bond donors (Lipinski definition) is 3. The molecule has 0 spiro atoms. The second kappa shape index (κ2) is 3.67. The number of aromatic hydroxyl groups is 1. The van der Waals surface area contributed by atoms with Gasteiger partial charge in [0.05, 0.1) is 0 Å². The maximum Gasteiger partial charge on any atom is 0.337 e. The van der Waals surface area contributed by atoms with Crippen LogP contribution in [-0.4, -0.2) is 21.3 Å². The Hall–Kier alpha value is -1.55. The third kappa shape index (κ3) is 1.85. The van der Waals surface area contributed by atoms with E-state index in [4.69, 9.17) is 5.11 Å². The van der Waals surface area contributed by atoms with Crippen LogP contribution in [0.3, 0.4) is 0 Å². The lowest BCUT2D eigenvalue weighted by Gasteiger charge is -2.12. The number of carboxylic acids is 1. The van der Waals surface area contributed by atoms with Gasteiger partial charge in [0, 0.05) is 5.56 Å². The van der Waals surface area contributed by atoms with Crippen LogP contribution in [-0.2, 0) is 4.79 Å². The summed E-state index contributed by atoms with van der Waals surface area (Å²) in [5.41, 5.74) is 1.45. The minimum Gasteiger partial charge on any atom is -0.508 e. The van der Waals surface area contributed by atoms with E-state index in [2.05, 4.69) is 0 Å². The molecular weight excluding hydrogens is 184 g/mol. The van der Waals surface area contributed by atoms with Gasteiger partial charge < -0.3 is 15.3 Å². The maximum absolute atomic E-state index is 10.5. The Labute approximate surface area is 81.4 Å². The van der Waals surface area contributed by atoms with E-state index in [1.165, 1.54) is 6.07 Å². The van der Waals surface area contributed by atoms with Crippen LogP contribution < -0.4 is 0 Å². The highest BCUT2D eigenvalue weighted by atomic mass is 16.4. The molecule has 0 heterocycles. The van der Waals surface area contributed by atoms with Gasteiger partial charge >= 0.3 is 5.97 Å². The molecule has 0 saturated heterocycles. The maximum atomic E-state index is 10.5. The number of rotatable bonds is 2. The summed E-state index contributed by atoms with van der Waals surface area (Å²) in [4.78, 5) is 10.5. The molecule has 0 radical (unpaired) electrons. The number of carbonyl (C=O) groups is 1. The van der Waals surface area contributed by atoms with Gasteiger partial charge in [0.2, 0.25) is 0 Å². The zero-order valence-corrected chi connectivity index (χ0v) is 7.98. The van der Waals surface area contributed by atoms with E-state index in [1.54, 1.807) is 19.9 Å². The van der Waals surface area contributed by atoms with E-state index < -0.39 is 12.1 Å². The molecule has 4 heteroatoms. The van der Waals surface area contributed by atoms with Crippen LogP contribution in [0.4, 0.5) is 0 Å². The zero-order chi connectivity index (χ0) is 10.9. The smallest absolute Gasteiger partial charge is 0.337 e. The number of phenolic OH excluding ortho intramolecular Hbond substituents is 1. The van der Waals surface area contributed by atoms with E-state index in [0.717, 1.165) is 5.56 Å². The van der Waals surface area contributed by atoms with Crippen LogP contribution in [0.1, 0.15) is 22.8 Å². The number of phenols is 1. The van der Waals surface area contributed by atoms with Crippen LogP contribution in [0.5, 0.6) is 5.75 Å². The van der Waals surface area contributed by atoms with Gasteiger partial charge in [0.15, 0.2) is 6.10 Å². The lowest BCUT2D eigenvalue weighted by Crippen LogP contribution is -2.12. The predicted molar refractivity (Wildman–Crippen MR) is 50.2 cm³/mol. The first kappa shape index (κ1) is 10.5. The van der Waals surface area contributed by atoms with Crippen LogP contribution in [0.25, 0.3) is 0 Å². The molecule has 1 unspecified atom stereocenters. The van der Waals surface area contributed by atoms with Crippen LogP contribution >= 0.6 is 0 Å². The quantitative estimate of drug-likeness (QED) is 0.662.